The summed E-state index contributed by atoms with van der Waals surface area (Å²) in [4.78, 5) is 21.9. The molecule has 0 N–H and O–H groups in total. The van der Waals surface area contributed by atoms with Gasteiger partial charge in [0.1, 0.15) is 5.78 Å². The van der Waals surface area contributed by atoms with E-state index >= 15 is 0 Å². The standard InChI is InChI=1S/C10H12F2O2/c11-10(12)9(14)6-8(13)7-4-2-1-3-5-7/h2,4,7,10H,1,3,5-6H2. The van der Waals surface area contributed by atoms with Crippen LogP contribution < -0.4 is 0 Å². The molecule has 0 aromatic carbocycles. The fourth-order valence-electron chi connectivity index (χ4n) is 1.46. The molecule has 4 heteroatoms. The Morgan fingerprint density at radius 2 is 2.14 bits per heavy atom. The lowest BCUT2D eigenvalue weighted by Crippen LogP contribution is -2.21. The van der Waals surface area contributed by atoms with E-state index in [1.165, 1.54) is 0 Å². The smallest absolute Gasteiger partial charge is 0.296 e. The van der Waals surface area contributed by atoms with Crippen LogP contribution in [0.2, 0.25) is 0 Å². The summed E-state index contributed by atoms with van der Waals surface area (Å²) in [6.07, 6.45) is 2.40. The quantitative estimate of drug-likeness (QED) is 0.517. The number of alkyl halides is 2. The molecule has 0 saturated heterocycles. The van der Waals surface area contributed by atoms with Crippen molar-refractivity contribution in [1.82, 2.24) is 0 Å². The van der Waals surface area contributed by atoms with Gasteiger partial charge in [-0.15, -0.1) is 0 Å². The van der Waals surface area contributed by atoms with E-state index in [-0.39, 0.29) is 11.7 Å². The lowest BCUT2D eigenvalue weighted by molar-refractivity contribution is -0.135. The van der Waals surface area contributed by atoms with Crippen molar-refractivity contribution < 1.29 is 18.4 Å². The molecule has 14 heavy (non-hydrogen) atoms. The van der Waals surface area contributed by atoms with Crippen molar-refractivity contribution in [2.24, 2.45) is 5.92 Å². The van der Waals surface area contributed by atoms with Crippen LogP contribution in [-0.2, 0) is 9.59 Å². The van der Waals surface area contributed by atoms with E-state index in [0.717, 1.165) is 12.8 Å². The summed E-state index contributed by atoms with van der Waals surface area (Å²) in [5.41, 5.74) is 0. The number of hydrogen-bond donors (Lipinski definition) is 0. The number of allylic oxidation sites excluding steroid dienone is 2. The molecule has 0 saturated carbocycles. The maximum atomic E-state index is 11.8. The second-order valence-corrected chi connectivity index (χ2v) is 3.38. The third-order valence-electron chi connectivity index (χ3n) is 2.26. The lowest BCUT2D eigenvalue weighted by atomic mass is 9.90. The van der Waals surface area contributed by atoms with Gasteiger partial charge in [0.25, 0.3) is 6.43 Å². The Kier molecular flexibility index (Phi) is 3.92. The molecule has 0 bridgehead atoms. The first-order valence-electron chi connectivity index (χ1n) is 4.61. The molecule has 0 amide bonds. The van der Waals surface area contributed by atoms with Gasteiger partial charge >= 0.3 is 0 Å². The van der Waals surface area contributed by atoms with E-state index in [9.17, 15) is 18.4 Å². The van der Waals surface area contributed by atoms with Crippen LogP contribution in [0.15, 0.2) is 12.2 Å². The number of hydrogen-bond acceptors (Lipinski definition) is 2. The average molecular weight is 202 g/mol. The highest BCUT2D eigenvalue weighted by atomic mass is 19.3. The topological polar surface area (TPSA) is 34.1 Å². The normalized spacial score (nSPS) is 21.2. The summed E-state index contributed by atoms with van der Waals surface area (Å²) in [5.74, 6) is -1.98. The monoisotopic (exact) mass is 202 g/mol. The van der Waals surface area contributed by atoms with Crippen molar-refractivity contribution in [1.29, 1.82) is 0 Å². The van der Waals surface area contributed by atoms with Crippen LogP contribution >= 0.6 is 0 Å². The Balaban J connectivity index is 2.45. The SMILES string of the molecule is O=C(CC(=O)C1C=CCCC1)C(F)F. The highest BCUT2D eigenvalue weighted by Crippen LogP contribution is 2.19. The number of Topliss-reactive ketones (excluding diaryl/α,β-unsaturated/α-hetero) is 2. The molecule has 1 aliphatic rings. The van der Waals surface area contributed by atoms with Crippen LogP contribution in [0.3, 0.4) is 0 Å². The van der Waals surface area contributed by atoms with Crippen molar-refractivity contribution in [3.8, 4) is 0 Å². The fraction of sp³-hybridized carbons (Fsp3) is 0.600. The molecular formula is C10H12F2O2. The van der Waals surface area contributed by atoms with Gasteiger partial charge in [0.15, 0.2) is 0 Å². The number of ketones is 2. The Morgan fingerprint density at radius 1 is 1.43 bits per heavy atom. The van der Waals surface area contributed by atoms with E-state index in [1.807, 2.05) is 6.08 Å². The van der Waals surface area contributed by atoms with Crippen LogP contribution in [0.25, 0.3) is 0 Å². The Labute approximate surface area is 81.0 Å². The summed E-state index contributed by atoms with van der Waals surface area (Å²) in [7, 11) is 0. The molecule has 2 nitrogen and oxygen atoms in total. The van der Waals surface area contributed by atoms with Gasteiger partial charge in [-0.25, -0.2) is 8.78 Å². The molecular weight excluding hydrogens is 190 g/mol. The second kappa shape index (κ2) is 4.98. The third-order valence-corrected chi connectivity index (χ3v) is 2.26. The number of halogens is 2. The molecule has 0 radical (unpaired) electrons. The molecule has 0 aliphatic heterocycles. The average Bonchev–Trinajstić information content (AvgIpc) is 2.19. The summed E-state index contributed by atoms with van der Waals surface area (Å²) in [5, 5.41) is 0. The fourth-order valence-corrected chi connectivity index (χ4v) is 1.46. The van der Waals surface area contributed by atoms with Crippen molar-refractivity contribution in [3.63, 3.8) is 0 Å². The minimum absolute atomic E-state index is 0.327. The maximum absolute atomic E-state index is 11.8. The third kappa shape index (κ3) is 3.01. The van der Waals surface area contributed by atoms with Gasteiger partial charge < -0.3 is 0 Å². The Hall–Kier alpha value is -1.06. The van der Waals surface area contributed by atoms with Gasteiger partial charge in [0, 0.05) is 5.92 Å². The molecule has 1 atom stereocenters. The summed E-state index contributed by atoms with van der Waals surface area (Å²) >= 11 is 0. The number of carbonyl (C=O) groups is 2. The van der Waals surface area contributed by atoms with Crippen molar-refractivity contribution in [3.05, 3.63) is 12.2 Å². The highest BCUT2D eigenvalue weighted by molar-refractivity contribution is 6.02. The number of rotatable bonds is 4. The van der Waals surface area contributed by atoms with E-state index in [4.69, 9.17) is 0 Å². The largest absolute Gasteiger partial charge is 0.299 e. The molecule has 0 spiro atoms. The predicted octanol–water partition coefficient (Wildman–Crippen LogP) is 2.14. The molecule has 1 unspecified atom stereocenters. The van der Waals surface area contributed by atoms with Gasteiger partial charge in [-0.2, -0.15) is 0 Å². The first-order valence-corrected chi connectivity index (χ1v) is 4.61. The first kappa shape index (κ1) is 11.0. The van der Waals surface area contributed by atoms with E-state index in [1.54, 1.807) is 6.08 Å². The van der Waals surface area contributed by atoms with Crippen molar-refractivity contribution >= 4 is 11.6 Å². The van der Waals surface area contributed by atoms with E-state index in [0.29, 0.717) is 6.42 Å². The van der Waals surface area contributed by atoms with Gasteiger partial charge in [-0.05, 0) is 19.3 Å². The van der Waals surface area contributed by atoms with Crippen LogP contribution in [0.4, 0.5) is 8.78 Å². The minimum Gasteiger partial charge on any atom is -0.299 e. The lowest BCUT2D eigenvalue weighted by Gasteiger charge is -2.14. The van der Waals surface area contributed by atoms with Crippen LogP contribution in [0.1, 0.15) is 25.7 Å². The maximum Gasteiger partial charge on any atom is 0.296 e. The highest BCUT2D eigenvalue weighted by Gasteiger charge is 2.24. The van der Waals surface area contributed by atoms with Gasteiger partial charge in [0.2, 0.25) is 5.78 Å². The molecule has 78 valence electrons. The van der Waals surface area contributed by atoms with Crippen molar-refractivity contribution in [2.45, 2.75) is 32.1 Å². The van der Waals surface area contributed by atoms with Crippen LogP contribution in [0.5, 0.6) is 0 Å². The predicted molar refractivity (Wildman–Crippen MR) is 47.1 cm³/mol. The van der Waals surface area contributed by atoms with Crippen molar-refractivity contribution in [2.75, 3.05) is 0 Å². The Morgan fingerprint density at radius 3 is 2.64 bits per heavy atom. The zero-order valence-electron chi connectivity index (χ0n) is 7.71. The molecule has 1 aliphatic carbocycles. The van der Waals surface area contributed by atoms with Crippen LogP contribution in [0, 0.1) is 5.92 Å². The zero-order valence-corrected chi connectivity index (χ0v) is 7.71. The van der Waals surface area contributed by atoms with Crippen LogP contribution in [-0.4, -0.2) is 18.0 Å². The van der Waals surface area contributed by atoms with Gasteiger partial charge in [-0.3, -0.25) is 9.59 Å². The molecule has 0 aromatic rings. The molecule has 1 rings (SSSR count). The molecule has 0 aromatic heterocycles. The van der Waals surface area contributed by atoms with Gasteiger partial charge in [0.05, 0.1) is 6.42 Å². The zero-order chi connectivity index (χ0) is 10.6. The first-order chi connectivity index (χ1) is 6.61. The summed E-state index contributed by atoms with van der Waals surface area (Å²) in [6, 6.07) is 0. The Bertz CT molecular complexity index is 259. The summed E-state index contributed by atoms with van der Waals surface area (Å²) in [6.45, 7) is 0. The van der Waals surface area contributed by atoms with Gasteiger partial charge in [-0.1, -0.05) is 12.2 Å². The minimum atomic E-state index is -3.02. The number of carbonyl (C=O) groups excluding carboxylic acids is 2. The van der Waals surface area contributed by atoms with E-state index in [2.05, 4.69) is 0 Å². The van der Waals surface area contributed by atoms with E-state index < -0.39 is 18.6 Å². The summed E-state index contributed by atoms with van der Waals surface area (Å²) < 4.78 is 23.7. The molecule has 0 fully saturated rings. The second-order valence-electron chi connectivity index (χ2n) is 3.38. The molecule has 0 heterocycles.